The molecule has 0 aliphatic rings. The Balaban J connectivity index is 0.00000425. The lowest BCUT2D eigenvalue weighted by molar-refractivity contribution is -0.119. The van der Waals surface area contributed by atoms with Gasteiger partial charge in [0.15, 0.2) is 11.6 Å². The zero-order valence-corrected chi connectivity index (χ0v) is 30.6. The molecule has 3 rings (SSSR count). The van der Waals surface area contributed by atoms with Crippen LogP contribution in [0.3, 0.4) is 0 Å². The molecule has 9 nitrogen and oxygen atoms in total. The number of carbonyl (C=O) groups excluding carboxylic acids is 2. The van der Waals surface area contributed by atoms with Crippen LogP contribution in [0.4, 0.5) is 26.0 Å². The molecule has 0 aliphatic carbocycles. The van der Waals surface area contributed by atoms with E-state index >= 15 is 4.39 Å². The van der Waals surface area contributed by atoms with Crippen molar-refractivity contribution < 1.29 is 23.1 Å². The number of anilines is 3. The SMILES string of the molecule is C/C=C\N(C(=O)/C(=C/CC)C(=O)Nc1ccc(Oc2ccnc(N)c2CNCCCCN(CCC)C(C)C)c(F)c1)c1ccc(F)cc1.CC. The standard InChI is InChI=1S/C37H48F2N6O3.C2H6/c1-6-11-30(37(47)45(22-8-3)29-15-12-27(38)13-16-29)36(46)43-28-14-17-34(32(39)24-28)48-33-18-20-42-35(40)31(33)25-41-19-9-10-23-44(21-7-2)26(4)5;1-2/h8,11-18,20,22,24,26,41H,6-7,9-10,19,21,23,25H2,1-5H3,(H2,40,42)(H,43,46);1-2H3/b22-8-,30-11+;. The number of benzene rings is 2. The molecule has 0 saturated heterocycles. The summed E-state index contributed by atoms with van der Waals surface area (Å²) >= 11 is 0. The molecule has 0 spiro atoms. The average Bonchev–Trinajstić information content (AvgIpc) is 3.10. The summed E-state index contributed by atoms with van der Waals surface area (Å²) in [6.07, 6.45) is 9.69. The Morgan fingerprint density at radius 3 is 2.34 bits per heavy atom. The highest BCUT2D eigenvalue weighted by Gasteiger charge is 2.24. The minimum absolute atomic E-state index is 0.0690. The lowest BCUT2D eigenvalue weighted by Gasteiger charge is -2.25. The van der Waals surface area contributed by atoms with Gasteiger partial charge < -0.3 is 26.0 Å². The Bertz CT molecular complexity index is 1560. The number of rotatable bonds is 18. The molecule has 50 heavy (non-hydrogen) atoms. The molecule has 0 unspecified atom stereocenters. The van der Waals surface area contributed by atoms with E-state index in [1.807, 2.05) is 13.8 Å². The molecule has 2 amide bonds. The summed E-state index contributed by atoms with van der Waals surface area (Å²) in [4.78, 5) is 34.6. The minimum atomic E-state index is -0.724. The third-order valence-corrected chi connectivity index (χ3v) is 7.55. The van der Waals surface area contributed by atoms with Crippen LogP contribution >= 0.6 is 0 Å². The molecule has 1 heterocycles. The number of nitrogen functional groups attached to an aromatic ring is 1. The van der Waals surface area contributed by atoms with Gasteiger partial charge in [0.1, 0.15) is 23.0 Å². The lowest BCUT2D eigenvalue weighted by Crippen LogP contribution is -2.32. The second kappa shape index (κ2) is 22.2. The number of amides is 2. The molecule has 1 aromatic heterocycles. The molecule has 0 fully saturated rings. The maximum Gasteiger partial charge on any atom is 0.267 e. The normalized spacial score (nSPS) is 11.5. The Labute approximate surface area is 296 Å². The Morgan fingerprint density at radius 2 is 1.72 bits per heavy atom. The monoisotopic (exact) mass is 692 g/mol. The topological polar surface area (TPSA) is 113 Å². The number of unbranched alkanes of at least 4 members (excludes halogenated alkanes) is 1. The molecule has 3 aromatic rings. The summed E-state index contributed by atoms with van der Waals surface area (Å²) in [5.41, 5.74) is 7.14. The van der Waals surface area contributed by atoms with Crippen molar-refractivity contribution in [3.05, 3.63) is 95.9 Å². The summed E-state index contributed by atoms with van der Waals surface area (Å²) < 4.78 is 34.7. The second-order valence-corrected chi connectivity index (χ2v) is 11.5. The number of pyridine rings is 1. The van der Waals surface area contributed by atoms with Crippen LogP contribution in [0, 0.1) is 11.6 Å². The number of nitrogens with two attached hydrogens (primary N) is 1. The van der Waals surface area contributed by atoms with Gasteiger partial charge in [-0.25, -0.2) is 13.8 Å². The fourth-order valence-corrected chi connectivity index (χ4v) is 5.07. The minimum Gasteiger partial charge on any atom is -0.454 e. The predicted molar refractivity (Wildman–Crippen MR) is 200 cm³/mol. The molecular formula is C39H54F2N6O3. The molecule has 0 aliphatic heterocycles. The fourth-order valence-electron chi connectivity index (χ4n) is 5.07. The van der Waals surface area contributed by atoms with E-state index in [9.17, 15) is 14.0 Å². The van der Waals surface area contributed by atoms with Gasteiger partial charge in [0.25, 0.3) is 11.8 Å². The maximum absolute atomic E-state index is 15.3. The maximum atomic E-state index is 15.3. The van der Waals surface area contributed by atoms with Crippen LogP contribution in [0.15, 0.2) is 78.7 Å². The second-order valence-electron chi connectivity index (χ2n) is 11.5. The molecule has 0 saturated carbocycles. The van der Waals surface area contributed by atoms with Crippen molar-refractivity contribution in [2.75, 3.05) is 35.6 Å². The van der Waals surface area contributed by atoms with E-state index in [1.54, 1.807) is 26.0 Å². The van der Waals surface area contributed by atoms with Gasteiger partial charge in [0, 0.05) is 42.4 Å². The Kier molecular flexibility index (Phi) is 18.4. The summed E-state index contributed by atoms with van der Waals surface area (Å²) in [7, 11) is 0. The fraction of sp³-hybridized carbons (Fsp3) is 0.410. The first-order valence-corrected chi connectivity index (χ1v) is 17.5. The van der Waals surface area contributed by atoms with E-state index in [0.29, 0.717) is 36.0 Å². The van der Waals surface area contributed by atoms with Crippen LogP contribution in [0.5, 0.6) is 11.5 Å². The molecule has 0 atom stereocenters. The number of ether oxygens (including phenoxy) is 1. The quantitative estimate of drug-likeness (QED) is 0.0530. The summed E-state index contributed by atoms with van der Waals surface area (Å²) in [5.74, 6) is -1.94. The first kappa shape index (κ1) is 41.6. The summed E-state index contributed by atoms with van der Waals surface area (Å²) in [5, 5.41) is 6.00. The zero-order chi connectivity index (χ0) is 37.1. The van der Waals surface area contributed by atoms with Crippen LogP contribution in [0.25, 0.3) is 0 Å². The van der Waals surface area contributed by atoms with Crippen LogP contribution in [-0.2, 0) is 16.1 Å². The van der Waals surface area contributed by atoms with Gasteiger partial charge in [-0.2, -0.15) is 0 Å². The molecule has 2 aromatic carbocycles. The van der Waals surface area contributed by atoms with E-state index in [-0.39, 0.29) is 22.8 Å². The lowest BCUT2D eigenvalue weighted by atomic mass is 10.1. The van der Waals surface area contributed by atoms with Gasteiger partial charge in [0.2, 0.25) is 0 Å². The number of carbonyl (C=O) groups is 2. The van der Waals surface area contributed by atoms with Crippen molar-refractivity contribution in [3.63, 3.8) is 0 Å². The van der Waals surface area contributed by atoms with Gasteiger partial charge in [-0.3, -0.25) is 14.5 Å². The van der Waals surface area contributed by atoms with Crippen molar-refractivity contribution in [1.29, 1.82) is 0 Å². The molecule has 4 N–H and O–H groups in total. The number of allylic oxidation sites excluding steroid dienone is 2. The van der Waals surface area contributed by atoms with Gasteiger partial charge in [-0.15, -0.1) is 0 Å². The molecule has 0 radical (unpaired) electrons. The highest BCUT2D eigenvalue weighted by Crippen LogP contribution is 2.31. The molecular weight excluding hydrogens is 638 g/mol. The number of aromatic nitrogens is 1. The van der Waals surface area contributed by atoms with Crippen molar-refractivity contribution in [2.45, 2.75) is 86.7 Å². The zero-order valence-electron chi connectivity index (χ0n) is 30.6. The third-order valence-electron chi connectivity index (χ3n) is 7.55. The Hall–Kier alpha value is -4.61. The van der Waals surface area contributed by atoms with E-state index in [0.717, 1.165) is 45.0 Å². The largest absolute Gasteiger partial charge is 0.454 e. The van der Waals surface area contributed by atoms with E-state index in [2.05, 4.69) is 41.3 Å². The molecule has 0 bridgehead atoms. The predicted octanol–water partition coefficient (Wildman–Crippen LogP) is 8.59. The van der Waals surface area contributed by atoms with Gasteiger partial charge in [-0.1, -0.05) is 39.8 Å². The van der Waals surface area contributed by atoms with Gasteiger partial charge in [-0.05, 0) is 109 Å². The van der Waals surface area contributed by atoms with Crippen molar-refractivity contribution in [1.82, 2.24) is 15.2 Å². The number of nitrogens with one attached hydrogen (secondary N) is 2. The van der Waals surface area contributed by atoms with E-state index in [4.69, 9.17) is 10.5 Å². The van der Waals surface area contributed by atoms with Crippen molar-refractivity contribution in [3.8, 4) is 11.5 Å². The summed E-state index contributed by atoms with van der Waals surface area (Å²) in [6.45, 7) is 17.4. The van der Waals surface area contributed by atoms with Crippen LogP contribution < -0.4 is 26.0 Å². The molecule has 272 valence electrons. The Morgan fingerprint density at radius 1 is 1.00 bits per heavy atom. The number of hydrogen-bond donors (Lipinski definition) is 3. The van der Waals surface area contributed by atoms with Gasteiger partial charge in [0.05, 0.1) is 5.56 Å². The summed E-state index contributed by atoms with van der Waals surface area (Å²) in [6, 6.07) is 11.5. The highest BCUT2D eigenvalue weighted by molar-refractivity contribution is 6.27. The van der Waals surface area contributed by atoms with Crippen molar-refractivity contribution in [2.24, 2.45) is 0 Å². The average molecular weight is 693 g/mol. The number of nitrogens with zero attached hydrogens (tertiary/aromatic N) is 3. The first-order valence-electron chi connectivity index (χ1n) is 17.5. The van der Waals surface area contributed by atoms with E-state index < -0.39 is 23.4 Å². The number of hydrogen-bond acceptors (Lipinski definition) is 7. The third kappa shape index (κ3) is 12.7. The van der Waals surface area contributed by atoms with Gasteiger partial charge >= 0.3 is 0 Å². The van der Waals surface area contributed by atoms with Crippen LogP contribution in [-0.4, -0.2) is 47.4 Å². The van der Waals surface area contributed by atoms with E-state index in [1.165, 1.54) is 59.8 Å². The smallest absolute Gasteiger partial charge is 0.267 e. The molecule has 11 heteroatoms. The highest BCUT2D eigenvalue weighted by atomic mass is 19.1. The van der Waals surface area contributed by atoms with Crippen LogP contribution in [0.2, 0.25) is 0 Å². The number of halogens is 2. The van der Waals surface area contributed by atoms with Crippen molar-refractivity contribution >= 4 is 29.0 Å². The first-order chi connectivity index (χ1) is 24.1. The van der Waals surface area contributed by atoms with Crippen LogP contribution in [0.1, 0.15) is 79.7 Å².